The molecule has 1 aromatic carbocycles. The van der Waals surface area contributed by atoms with Gasteiger partial charge in [0.1, 0.15) is 5.82 Å². The van der Waals surface area contributed by atoms with E-state index >= 15 is 0 Å². The lowest BCUT2D eigenvalue weighted by Crippen LogP contribution is -2.36. The number of H-pyrrole nitrogens is 1. The van der Waals surface area contributed by atoms with Crippen LogP contribution in [0.1, 0.15) is 18.4 Å². The van der Waals surface area contributed by atoms with Crippen LogP contribution in [0.4, 0.5) is 29.5 Å². The molecular formula is C26H29F3N6O2. The van der Waals surface area contributed by atoms with Crippen molar-refractivity contribution in [2.24, 2.45) is 5.92 Å². The highest BCUT2D eigenvalue weighted by molar-refractivity contribution is 5.91. The van der Waals surface area contributed by atoms with Gasteiger partial charge >= 0.3 is 12.2 Å². The molecule has 0 spiro atoms. The number of alkyl halides is 3. The molecule has 0 bridgehead atoms. The van der Waals surface area contributed by atoms with Gasteiger partial charge in [-0.05, 0) is 60.2 Å². The van der Waals surface area contributed by atoms with E-state index in [0.717, 1.165) is 46.9 Å². The molecule has 5 rings (SSSR count). The predicted octanol–water partition coefficient (Wildman–Crippen LogP) is 5.09. The van der Waals surface area contributed by atoms with Crippen molar-refractivity contribution in [2.75, 3.05) is 49.6 Å². The van der Waals surface area contributed by atoms with Crippen molar-refractivity contribution >= 4 is 17.5 Å². The van der Waals surface area contributed by atoms with Crippen molar-refractivity contribution < 1.29 is 22.7 Å². The van der Waals surface area contributed by atoms with Crippen LogP contribution < -0.4 is 10.2 Å². The molecule has 2 amide bonds. The van der Waals surface area contributed by atoms with Crippen molar-refractivity contribution in [3.8, 4) is 22.4 Å². The van der Waals surface area contributed by atoms with Crippen LogP contribution in [-0.2, 0) is 4.74 Å². The molecule has 3 aromatic rings. The fraction of sp³-hybridized carbons (Fsp3) is 0.423. The van der Waals surface area contributed by atoms with Gasteiger partial charge in [0, 0.05) is 50.0 Å². The largest absolute Gasteiger partial charge is 0.389 e. The average Bonchev–Trinajstić information content (AvgIpc) is 3.57. The van der Waals surface area contributed by atoms with E-state index in [1.165, 1.54) is 4.90 Å². The maximum atomic E-state index is 12.8. The van der Waals surface area contributed by atoms with Gasteiger partial charge in [0.15, 0.2) is 0 Å². The average molecular weight is 515 g/mol. The quantitative estimate of drug-likeness (QED) is 0.496. The van der Waals surface area contributed by atoms with Crippen LogP contribution in [-0.4, -0.2) is 71.7 Å². The third-order valence-corrected chi connectivity index (χ3v) is 6.83. The first-order chi connectivity index (χ1) is 17.7. The maximum absolute atomic E-state index is 12.8. The molecule has 196 valence electrons. The molecule has 4 heterocycles. The Morgan fingerprint density at radius 1 is 1.16 bits per heavy atom. The van der Waals surface area contributed by atoms with E-state index in [1.807, 2.05) is 31.2 Å². The number of aromatic amines is 1. The molecule has 37 heavy (non-hydrogen) atoms. The van der Waals surface area contributed by atoms with E-state index in [0.29, 0.717) is 31.9 Å². The maximum Gasteiger partial charge on any atom is 0.389 e. The van der Waals surface area contributed by atoms with Gasteiger partial charge in [-0.15, -0.1) is 0 Å². The molecule has 2 N–H and O–H groups in total. The summed E-state index contributed by atoms with van der Waals surface area (Å²) in [5.74, 6) is 0.273. The van der Waals surface area contributed by atoms with Gasteiger partial charge in [0.05, 0.1) is 25.1 Å². The van der Waals surface area contributed by atoms with Crippen LogP contribution >= 0.6 is 0 Å². The minimum Gasteiger partial charge on any atom is -0.378 e. The summed E-state index contributed by atoms with van der Waals surface area (Å²) >= 11 is 0. The van der Waals surface area contributed by atoms with Gasteiger partial charge in [-0.2, -0.15) is 18.3 Å². The molecule has 0 unspecified atom stereocenters. The highest BCUT2D eigenvalue weighted by Crippen LogP contribution is 2.34. The van der Waals surface area contributed by atoms with Gasteiger partial charge in [-0.1, -0.05) is 6.07 Å². The number of halogens is 3. The molecule has 1 atom stereocenters. The zero-order valence-electron chi connectivity index (χ0n) is 20.5. The molecule has 0 saturated carbocycles. The number of amides is 2. The Kier molecular flexibility index (Phi) is 7.05. The minimum absolute atomic E-state index is 0.103. The second-order valence-electron chi connectivity index (χ2n) is 9.57. The normalized spacial score (nSPS) is 18.3. The number of hydrogen-bond acceptors (Lipinski definition) is 5. The summed E-state index contributed by atoms with van der Waals surface area (Å²) in [5, 5.41) is 9.76. The van der Waals surface area contributed by atoms with Crippen LogP contribution in [0.3, 0.4) is 0 Å². The Balaban J connectivity index is 1.39. The van der Waals surface area contributed by atoms with Gasteiger partial charge in [0.2, 0.25) is 0 Å². The van der Waals surface area contributed by atoms with Gasteiger partial charge in [-0.25, -0.2) is 9.78 Å². The number of nitrogens with zero attached hydrogens (tertiary/aromatic N) is 4. The van der Waals surface area contributed by atoms with Crippen molar-refractivity contribution in [3.63, 3.8) is 0 Å². The molecule has 2 aliphatic rings. The fourth-order valence-corrected chi connectivity index (χ4v) is 4.89. The van der Waals surface area contributed by atoms with Crippen LogP contribution in [0.15, 0.2) is 42.7 Å². The van der Waals surface area contributed by atoms with E-state index in [2.05, 4.69) is 20.4 Å². The minimum atomic E-state index is -4.22. The van der Waals surface area contributed by atoms with Crippen molar-refractivity contribution in [3.05, 3.63) is 48.3 Å². The number of nitrogens with one attached hydrogen (secondary N) is 2. The number of hydrogen-bond donors (Lipinski definition) is 2. The number of urea groups is 1. The highest BCUT2D eigenvalue weighted by Gasteiger charge is 2.36. The highest BCUT2D eigenvalue weighted by atomic mass is 19.4. The van der Waals surface area contributed by atoms with E-state index in [1.54, 1.807) is 18.5 Å². The van der Waals surface area contributed by atoms with Crippen molar-refractivity contribution in [2.45, 2.75) is 25.9 Å². The second-order valence-corrected chi connectivity index (χ2v) is 9.57. The number of ether oxygens (including phenoxy) is 1. The van der Waals surface area contributed by atoms with E-state index in [4.69, 9.17) is 9.72 Å². The first kappa shape index (κ1) is 25.1. The SMILES string of the molecule is Cc1ccc(NC(=O)N2CC[C@@H](CC(F)(F)F)C2)cc1-c1cc(-c2cn[nH]c2)nc(N2CCOCC2)c1. The standard InChI is InChI=1S/C26H29F3N6O2/c1-17-2-3-21(32-25(36)35-5-4-18(16-35)13-26(27,28)29)12-22(17)19-10-23(20-14-30-31-15-20)33-24(11-19)34-6-8-37-9-7-34/h2-3,10-12,14-15,18H,4-9,13,16H2,1H3,(H,30,31)(H,32,36)/t18-/m0/s1. The molecule has 2 aromatic heterocycles. The van der Waals surface area contributed by atoms with Gasteiger partial charge in [0.25, 0.3) is 0 Å². The third-order valence-electron chi connectivity index (χ3n) is 6.83. The number of rotatable bonds is 5. The number of benzene rings is 1. The lowest BCUT2D eigenvalue weighted by atomic mass is 9.98. The Morgan fingerprint density at radius 2 is 1.97 bits per heavy atom. The lowest BCUT2D eigenvalue weighted by Gasteiger charge is -2.28. The number of pyridine rings is 1. The third kappa shape index (κ3) is 6.04. The molecule has 0 aliphatic carbocycles. The van der Waals surface area contributed by atoms with Crippen molar-refractivity contribution in [1.82, 2.24) is 20.1 Å². The molecule has 0 radical (unpaired) electrons. The molecule has 11 heteroatoms. The van der Waals surface area contributed by atoms with Gasteiger partial charge < -0.3 is 19.9 Å². The monoisotopic (exact) mass is 514 g/mol. The molecule has 8 nitrogen and oxygen atoms in total. The van der Waals surface area contributed by atoms with Gasteiger partial charge in [-0.3, -0.25) is 5.10 Å². The number of aromatic nitrogens is 3. The summed E-state index contributed by atoms with van der Waals surface area (Å²) in [6, 6.07) is 9.26. The smallest absolute Gasteiger partial charge is 0.378 e. The van der Waals surface area contributed by atoms with Crippen LogP contribution in [0.5, 0.6) is 0 Å². The van der Waals surface area contributed by atoms with Crippen molar-refractivity contribution in [1.29, 1.82) is 0 Å². The lowest BCUT2D eigenvalue weighted by molar-refractivity contribution is -0.143. The number of likely N-dealkylation sites (tertiary alicyclic amines) is 1. The predicted molar refractivity (Wildman–Crippen MR) is 134 cm³/mol. The van der Waals surface area contributed by atoms with Crippen LogP contribution in [0.2, 0.25) is 0 Å². The summed E-state index contributed by atoms with van der Waals surface area (Å²) in [7, 11) is 0. The Bertz CT molecular complexity index is 1240. The number of morpholine rings is 1. The summed E-state index contributed by atoms with van der Waals surface area (Å²) in [6.45, 7) is 5.15. The second kappa shape index (κ2) is 10.4. The zero-order valence-corrected chi connectivity index (χ0v) is 20.5. The number of carbonyl (C=O) groups is 1. The number of carbonyl (C=O) groups excluding carboxylic acids is 1. The van der Waals surface area contributed by atoms with Crippen LogP contribution in [0, 0.1) is 12.8 Å². The Hall–Kier alpha value is -3.60. The van der Waals surface area contributed by atoms with Crippen LogP contribution in [0.25, 0.3) is 22.4 Å². The van der Waals surface area contributed by atoms with E-state index < -0.39 is 18.5 Å². The first-order valence-corrected chi connectivity index (χ1v) is 12.3. The Labute approximate surface area is 212 Å². The number of anilines is 2. The topological polar surface area (TPSA) is 86.4 Å². The Morgan fingerprint density at radius 3 is 2.70 bits per heavy atom. The van der Waals surface area contributed by atoms with E-state index in [-0.39, 0.29) is 12.6 Å². The van der Waals surface area contributed by atoms with E-state index in [9.17, 15) is 18.0 Å². The summed E-state index contributed by atoms with van der Waals surface area (Å²) < 4.78 is 43.8. The molecule has 2 fully saturated rings. The fourth-order valence-electron chi connectivity index (χ4n) is 4.89. The first-order valence-electron chi connectivity index (χ1n) is 12.3. The summed E-state index contributed by atoms with van der Waals surface area (Å²) in [4.78, 5) is 21.3. The molecule has 2 aliphatic heterocycles. The number of aryl methyl sites for hydroxylation is 1. The summed E-state index contributed by atoms with van der Waals surface area (Å²) in [6.07, 6.45) is -1.22. The summed E-state index contributed by atoms with van der Waals surface area (Å²) in [5.41, 5.74) is 5.10. The zero-order chi connectivity index (χ0) is 26.0. The molecular weight excluding hydrogens is 485 g/mol. The molecule has 2 saturated heterocycles.